The first-order valence-electron chi connectivity index (χ1n) is 2.18. The summed E-state index contributed by atoms with van der Waals surface area (Å²) in [6.45, 7) is 0. The quantitative estimate of drug-likeness (QED) is 0.341. The molecule has 1 unspecified atom stereocenters. The second kappa shape index (κ2) is 0.764. The van der Waals surface area contributed by atoms with Gasteiger partial charge in [0.15, 0.2) is 0 Å². The van der Waals surface area contributed by atoms with Crippen molar-refractivity contribution in [3.63, 3.8) is 0 Å². The molecule has 0 saturated carbocycles. The summed E-state index contributed by atoms with van der Waals surface area (Å²) in [4.78, 5) is 0. The third-order valence-corrected chi connectivity index (χ3v) is 2.12. The van der Waals surface area contributed by atoms with Crippen LogP contribution in [0.4, 0.5) is 0 Å². The Kier molecular flexibility index (Phi) is 0.380. The van der Waals surface area contributed by atoms with Gasteiger partial charge in [0.1, 0.15) is 0 Å². The molecule has 30 valence electrons. The molecule has 0 aromatic rings. The largest absolute Gasteiger partial charge is 0.0990 e. The number of hydrogen-bond acceptors (Lipinski definition) is 0. The van der Waals surface area contributed by atoms with Gasteiger partial charge in [0, 0.05) is 11.6 Å². The zero-order valence-corrected chi connectivity index (χ0v) is 4.23. The monoisotopic (exact) mass is 96.0 g/mol. The van der Waals surface area contributed by atoms with Crippen molar-refractivity contribution in [1.29, 1.82) is 0 Å². The van der Waals surface area contributed by atoms with Crippen LogP contribution in [0.25, 0.3) is 0 Å². The first kappa shape index (κ1) is 2.98. The van der Waals surface area contributed by atoms with E-state index in [1.165, 1.54) is 0 Å². The Bertz CT molecular complexity index is 95.9. The molecule has 6 heavy (non-hydrogen) atoms. The lowest BCUT2D eigenvalue weighted by Gasteiger charge is -1.80. The van der Waals surface area contributed by atoms with Gasteiger partial charge in [-0.2, -0.15) is 0 Å². The van der Waals surface area contributed by atoms with Gasteiger partial charge in [-0.3, -0.25) is 0 Å². The highest BCUT2D eigenvalue weighted by atomic mass is 31.1. The van der Waals surface area contributed by atoms with Gasteiger partial charge in [-0.05, 0) is 5.80 Å². The van der Waals surface area contributed by atoms with Gasteiger partial charge in [0.2, 0.25) is 0 Å². The zero-order valence-electron chi connectivity index (χ0n) is 3.33. The second-order valence-corrected chi connectivity index (χ2v) is 2.94. The standard InChI is InChI=1S/C5H5P/c1-2-4(1)5-3-6-5/h1-5H. The van der Waals surface area contributed by atoms with Crippen molar-refractivity contribution < 1.29 is 0 Å². The maximum atomic E-state index is 2.34. The van der Waals surface area contributed by atoms with Crippen LogP contribution in [0.3, 0.4) is 0 Å². The third-order valence-electron chi connectivity index (χ3n) is 1.13. The van der Waals surface area contributed by atoms with Crippen LogP contribution in [0.2, 0.25) is 0 Å². The van der Waals surface area contributed by atoms with E-state index < -0.39 is 0 Å². The minimum atomic E-state index is 0.895. The van der Waals surface area contributed by atoms with Crippen LogP contribution >= 0.6 is 8.20 Å². The highest BCUT2D eigenvalue weighted by Crippen LogP contribution is 2.37. The van der Waals surface area contributed by atoms with E-state index >= 15 is 0 Å². The van der Waals surface area contributed by atoms with Gasteiger partial charge in [-0.15, -0.1) is 0 Å². The van der Waals surface area contributed by atoms with Gasteiger partial charge in [-0.25, -0.2) is 0 Å². The lowest BCUT2D eigenvalue weighted by molar-refractivity contribution is 1.04. The van der Waals surface area contributed by atoms with Crippen LogP contribution < -0.4 is 0 Å². The average molecular weight is 96.1 g/mol. The van der Waals surface area contributed by atoms with E-state index in [-0.39, 0.29) is 0 Å². The molecule has 0 radical (unpaired) electrons. The summed E-state index contributed by atoms with van der Waals surface area (Å²) in [5, 5.41) is 0. The number of rotatable bonds is 1. The van der Waals surface area contributed by atoms with Crippen molar-refractivity contribution in [1.82, 2.24) is 0 Å². The van der Waals surface area contributed by atoms with Crippen molar-refractivity contribution in [2.45, 2.75) is 5.66 Å². The van der Waals surface area contributed by atoms with E-state index in [0.717, 1.165) is 11.6 Å². The smallest absolute Gasteiger partial charge is 0.0325 e. The fraction of sp³-hybridized carbons (Fsp3) is 0.400. The normalized spacial score (nSPS) is 40.3. The molecule has 0 amide bonds. The number of allylic oxidation sites excluding steroid dienone is 2. The highest BCUT2D eigenvalue weighted by molar-refractivity contribution is 7.51. The van der Waals surface area contributed by atoms with E-state index in [2.05, 4.69) is 17.9 Å². The summed E-state index contributed by atoms with van der Waals surface area (Å²) in [7, 11) is 1.57. The zero-order chi connectivity index (χ0) is 3.98. The molecular weight excluding hydrogens is 91.0 g/mol. The summed E-state index contributed by atoms with van der Waals surface area (Å²) in [6.07, 6.45) is 4.53. The SMILES string of the molecule is C1=CC1C1C=P1. The molecule has 2 rings (SSSR count). The molecule has 1 aliphatic heterocycles. The maximum absolute atomic E-state index is 2.34. The lowest BCUT2D eigenvalue weighted by atomic mass is 10.3. The van der Waals surface area contributed by atoms with Crippen LogP contribution in [0.1, 0.15) is 0 Å². The van der Waals surface area contributed by atoms with Gasteiger partial charge in [0.25, 0.3) is 0 Å². The first-order chi connectivity index (χ1) is 2.97. The van der Waals surface area contributed by atoms with Crippen LogP contribution in [-0.2, 0) is 0 Å². The maximum Gasteiger partial charge on any atom is 0.0325 e. The molecule has 0 fully saturated rings. The summed E-state index contributed by atoms with van der Waals surface area (Å²) in [6, 6.07) is 0. The first-order valence-corrected chi connectivity index (χ1v) is 3.22. The van der Waals surface area contributed by atoms with Crippen LogP contribution in [0.5, 0.6) is 0 Å². The molecule has 1 heteroatoms. The van der Waals surface area contributed by atoms with Crippen LogP contribution in [0.15, 0.2) is 12.2 Å². The molecule has 0 aromatic carbocycles. The Morgan fingerprint density at radius 1 is 1.33 bits per heavy atom. The molecule has 0 bridgehead atoms. The molecule has 0 N–H and O–H groups in total. The summed E-state index contributed by atoms with van der Waals surface area (Å²) >= 11 is 0. The van der Waals surface area contributed by atoms with Crippen LogP contribution in [-0.4, -0.2) is 11.5 Å². The fourth-order valence-electron chi connectivity index (χ4n) is 0.540. The van der Waals surface area contributed by atoms with Crippen molar-refractivity contribution in [3.05, 3.63) is 12.2 Å². The average Bonchev–Trinajstić information content (AvgIpc) is 2.26. The molecule has 1 heterocycles. The van der Waals surface area contributed by atoms with E-state index in [4.69, 9.17) is 0 Å². The second-order valence-electron chi connectivity index (χ2n) is 1.75. The van der Waals surface area contributed by atoms with Gasteiger partial charge in [0.05, 0.1) is 0 Å². The molecular formula is C5H5P. The fourth-order valence-corrected chi connectivity index (χ4v) is 1.24. The summed E-state index contributed by atoms with van der Waals surface area (Å²) < 4.78 is 0. The van der Waals surface area contributed by atoms with Crippen LogP contribution in [0, 0.1) is 5.92 Å². The molecule has 2 aliphatic rings. The van der Waals surface area contributed by atoms with Crippen molar-refractivity contribution >= 4 is 14.0 Å². The Morgan fingerprint density at radius 3 is 2.17 bits per heavy atom. The Morgan fingerprint density at radius 2 is 2.00 bits per heavy atom. The van der Waals surface area contributed by atoms with E-state index in [1.807, 2.05) is 0 Å². The predicted molar refractivity (Wildman–Crippen MR) is 29.4 cm³/mol. The Hall–Kier alpha value is -0.0900. The summed E-state index contributed by atoms with van der Waals surface area (Å²) in [5.41, 5.74) is 0.949. The van der Waals surface area contributed by atoms with Crippen molar-refractivity contribution in [3.8, 4) is 0 Å². The predicted octanol–water partition coefficient (Wildman–Crippen LogP) is 1.30. The lowest BCUT2D eigenvalue weighted by Crippen LogP contribution is -1.86. The molecule has 0 saturated heterocycles. The van der Waals surface area contributed by atoms with Gasteiger partial charge < -0.3 is 0 Å². The van der Waals surface area contributed by atoms with Gasteiger partial charge >= 0.3 is 0 Å². The Balaban J connectivity index is 1.97. The molecule has 1 atom stereocenters. The summed E-state index contributed by atoms with van der Waals surface area (Å²) in [5.74, 6) is 3.23. The molecule has 0 nitrogen and oxygen atoms in total. The van der Waals surface area contributed by atoms with E-state index in [9.17, 15) is 0 Å². The Labute approximate surface area is 38.7 Å². The van der Waals surface area contributed by atoms with Gasteiger partial charge in [-0.1, -0.05) is 20.4 Å². The van der Waals surface area contributed by atoms with Crippen molar-refractivity contribution in [2.75, 3.05) is 0 Å². The molecule has 0 spiro atoms. The molecule has 1 aliphatic carbocycles. The minimum absolute atomic E-state index is 0.895. The topological polar surface area (TPSA) is 0 Å². The van der Waals surface area contributed by atoms with E-state index in [0.29, 0.717) is 0 Å². The molecule has 0 aromatic heterocycles. The highest BCUT2D eigenvalue weighted by Gasteiger charge is 2.26. The number of hydrogen-bond donors (Lipinski definition) is 0. The van der Waals surface area contributed by atoms with E-state index in [1.54, 1.807) is 8.20 Å². The van der Waals surface area contributed by atoms with Crippen molar-refractivity contribution in [2.24, 2.45) is 5.92 Å². The third kappa shape index (κ3) is 0.337. The minimum Gasteiger partial charge on any atom is -0.0990 e.